The highest BCUT2D eigenvalue weighted by Gasteiger charge is 2.07. The van der Waals surface area contributed by atoms with Gasteiger partial charge in [0.05, 0.1) is 11.7 Å². The number of hydrogen-bond donors (Lipinski definition) is 1. The van der Waals surface area contributed by atoms with Gasteiger partial charge in [0.2, 0.25) is 0 Å². The summed E-state index contributed by atoms with van der Waals surface area (Å²) in [6.07, 6.45) is 5.43. The van der Waals surface area contributed by atoms with Gasteiger partial charge in [-0.1, -0.05) is 13.8 Å². The average molecular weight is 253 g/mol. The Balaban J connectivity index is 2.23. The minimum Gasteiger partial charge on any atom is -0.382 e. The third-order valence-electron chi connectivity index (χ3n) is 3.13. The largest absolute Gasteiger partial charge is 0.382 e. The first-order chi connectivity index (χ1) is 8.81. The van der Waals surface area contributed by atoms with E-state index in [1.54, 1.807) is 0 Å². The van der Waals surface area contributed by atoms with E-state index in [0.717, 1.165) is 51.3 Å². The third-order valence-corrected chi connectivity index (χ3v) is 3.13. The third kappa shape index (κ3) is 5.19. The molecule has 0 saturated heterocycles. The molecule has 0 aromatic carbocycles. The zero-order chi connectivity index (χ0) is 13.2. The van der Waals surface area contributed by atoms with Crippen LogP contribution in [0.3, 0.4) is 0 Å². The van der Waals surface area contributed by atoms with Crippen molar-refractivity contribution in [2.24, 2.45) is 0 Å². The molecule has 0 radical (unpaired) electrons. The Kier molecular flexibility index (Phi) is 7.69. The topological polar surface area (TPSA) is 39.1 Å². The highest BCUT2D eigenvalue weighted by atomic mass is 16.5. The molecule has 0 aliphatic carbocycles. The number of aromatic nitrogens is 2. The lowest BCUT2D eigenvalue weighted by Gasteiger charge is -2.12. The summed E-state index contributed by atoms with van der Waals surface area (Å²) < 4.78 is 7.39. The first kappa shape index (κ1) is 15.2. The van der Waals surface area contributed by atoms with E-state index in [9.17, 15) is 0 Å². The lowest BCUT2D eigenvalue weighted by Crippen LogP contribution is -2.17. The van der Waals surface area contributed by atoms with E-state index in [0.29, 0.717) is 6.04 Å². The molecule has 1 aromatic heterocycles. The van der Waals surface area contributed by atoms with Gasteiger partial charge in [0.15, 0.2) is 0 Å². The van der Waals surface area contributed by atoms with Crippen molar-refractivity contribution in [2.45, 2.75) is 52.6 Å². The van der Waals surface area contributed by atoms with Crippen LogP contribution in [-0.2, 0) is 11.3 Å². The van der Waals surface area contributed by atoms with Gasteiger partial charge in [-0.2, -0.15) is 5.10 Å². The lowest BCUT2D eigenvalue weighted by atomic mass is 10.2. The van der Waals surface area contributed by atoms with Crippen molar-refractivity contribution in [3.63, 3.8) is 0 Å². The van der Waals surface area contributed by atoms with Crippen molar-refractivity contribution >= 4 is 0 Å². The second-order valence-corrected chi connectivity index (χ2v) is 4.48. The van der Waals surface area contributed by atoms with E-state index in [1.807, 2.05) is 6.92 Å². The normalized spacial score (nSPS) is 11.3. The SMILES string of the molecule is CCOCCCNCc1ccn(C(CC)CC)n1. The fourth-order valence-electron chi connectivity index (χ4n) is 2.00. The minimum atomic E-state index is 0.539. The summed E-state index contributed by atoms with van der Waals surface area (Å²) in [5, 5.41) is 8.00. The molecule has 0 spiro atoms. The van der Waals surface area contributed by atoms with E-state index in [2.05, 4.69) is 41.2 Å². The Hall–Kier alpha value is -0.870. The quantitative estimate of drug-likeness (QED) is 0.652. The van der Waals surface area contributed by atoms with Gasteiger partial charge >= 0.3 is 0 Å². The maximum atomic E-state index is 5.29. The standard InChI is InChI=1S/C14H27N3O/c1-4-14(5-2)17-10-8-13(16-17)12-15-9-7-11-18-6-3/h8,10,14-15H,4-7,9,11-12H2,1-3H3. The minimum absolute atomic E-state index is 0.539. The summed E-state index contributed by atoms with van der Waals surface area (Å²) in [4.78, 5) is 0. The van der Waals surface area contributed by atoms with E-state index < -0.39 is 0 Å². The first-order valence-corrected chi connectivity index (χ1v) is 7.14. The van der Waals surface area contributed by atoms with Crippen molar-refractivity contribution in [3.8, 4) is 0 Å². The molecule has 0 fully saturated rings. The van der Waals surface area contributed by atoms with Gasteiger partial charge in [-0.3, -0.25) is 4.68 Å². The molecule has 0 saturated carbocycles. The smallest absolute Gasteiger partial charge is 0.0762 e. The van der Waals surface area contributed by atoms with Crippen LogP contribution in [0, 0.1) is 0 Å². The zero-order valence-corrected chi connectivity index (χ0v) is 12.0. The van der Waals surface area contributed by atoms with Crippen molar-refractivity contribution in [2.75, 3.05) is 19.8 Å². The summed E-state index contributed by atoms with van der Waals surface area (Å²) in [7, 11) is 0. The molecule has 4 nitrogen and oxygen atoms in total. The molecule has 0 aliphatic heterocycles. The van der Waals surface area contributed by atoms with Crippen molar-refractivity contribution in [3.05, 3.63) is 18.0 Å². The molecule has 104 valence electrons. The molecule has 1 heterocycles. The van der Waals surface area contributed by atoms with Crippen molar-refractivity contribution in [1.82, 2.24) is 15.1 Å². The number of nitrogens with one attached hydrogen (secondary N) is 1. The Labute approximate surface area is 111 Å². The van der Waals surface area contributed by atoms with Crippen LogP contribution in [-0.4, -0.2) is 29.5 Å². The molecule has 0 atom stereocenters. The van der Waals surface area contributed by atoms with Gasteiger partial charge in [-0.15, -0.1) is 0 Å². The number of rotatable bonds is 10. The van der Waals surface area contributed by atoms with Gasteiger partial charge in [0.1, 0.15) is 0 Å². The molecule has 18 heavy (non-hydrogen) atoms. The highest BCUT2D eigenvalue weighted by molar-refractivity contribution is 4.99. The van der Waals surface area contributed by atoms with Crippen LogP contribution in [0.5, 0.6) is 0 Å². The predicted octanol–water partition coefficient (Wildman–Crippen LogP) is 2.76. The fraction of sp³-hybridized carbons (Fsp3) is 0.786. The van der Waals surface area contributed by atoms with Gasteiger partial charge in [0, 0.05) is 26.0 Å². The monoisotopic (exact) mass is 253 g/mol. The summed E-state index contributed by atoms with van der Waals surface area (Å²) in [5.41, 5.74) is 1.12. The van der Waals surface area contributed by atoms with Crippen molar-refractivity contribution in [1.29, 1.82) is 0 Å². The highest BCUT2D eigenvalue weighted by Crippen LogP contribution is 2.14. The summed E-state index contributed by atoms with van der Waals surface area (Å²) in [6.45, 7) is 9.92. The second-order valence-electron chi connectivity index (χ2n) is 4.48. The van der Waals surface area contributed by atoms with Crippen LogP contribution >= 0.6 is 0 Å². The molecule has 0 unspecified atom stereocenters. The number of hydrogen-bond acceptors (Lipinski definition) is 3. The van der Waals surface area contributed by atoms with Crippen LogP contribution in [0.4, 0.5) is 0 Å². The lowest BCUT2D eigenvalue weighted by molar-refractivity contribution is 0.144. The van der Waals surface area contributed by atoms with Gasteiger partial charge in [-0.25, -0.2) is 0 Å². The molecular weight excluding hydrogens is 226 g/mol. The molecule has 1 N–H and O–H groups in total. The van der Waals surface area contributed by atoms with Crippen LogP contribution < -0.4 is 5.32 Å². The van der Waals surface area contributed by atoms with Crippen LogP contribution in [0.15, 0.2) is 12.3 Å². The van der Waals surface area contributed by atoms with Crippen molar-refractivity contribution < 1.29 is 4.74 Å². The molecule has 0 aliphatic rings. The molecule has 0 bridgehead atoms. The Morgan fingerprint density at radius 3 is 2.78 bits per heavy atom. The molecule has 1 rings (SSSR count). The first-order valence-electron chi connectivity index (χ1n) is 7.14. The second kappa shape index (κ2) is 9.11. The van der Waals surface area contributed by atoms with E-state index >= 15 is 0 Å². The molecular formula is C14H27N3O. The van der Waals surface area contributed by atoms with Crippen LogP contribution in [0.25, 0.3) is 0 Å². The number of nitrogens with zero attached hydrogens (tertiary/aromatic N) is 2. The summed E-state index contributed by atoms with van der Waals surface area (Å²) >= 11 is 0. The van der Waals surface area contributed by atoms with E-state index in [-0.39, 0.29) is 0 Å². The fourth-order valence-corrected chi connectivity index (χ4v) is 2.00. The zero-order valence-electron chi connectivity index (χ0n) is 12.0. The van der Waals surface area contributed by atoms with Crippen LogP contribution in [0.1, 0.15) is 51.8 Å². The van der Waals surface area contributed by atoms with Gasteiger partial charge in [0.25, 0.3) is 0 Å². The average Bonchev–Trinajstić information content (AvgIpc) is 2.84. The molecule has 0 amide bonds. The summed E-state index contributed by atoms with van der Waals surface area (Å²) in [6, 6.07) is 2.64. The molecule has 4 heteroatoms. The Morgan fingerprint density at radius 1 is 1.33 bits per heavy atom. The maximum Gasteiger partial charge on any atom is 0.0762 e. The van der Waals surface area contributed by atoms with Crippen LogP contribution in [0.2, 0.25) is 0 Å². The maximum absolute atomic E-state index is 5.29. The Morgan fingerprint density at radius 2 is 2.11 bits per heavy atom. The number of ether oxygens (including phenoxy) is 1. The predicted molar refractivity (Wildman–Crippen MR) is 74.7 cm³/mol. The van der Waals surface area contributed by atoms with Gasteiger partial charge in [-0.05, 0) is 38.8 Å². The molecule has 1 aromatic rings. The van der Waals surface area contributed by atoms with Gasteiger partial charge < -0.3 is 10.1 Å². The Bertz CT molecular complexity index is 308. The van der Waals surface area contributed by atoms with E-state index in [4.69, 9.17) is 4.74 Å². The van der Waals surface area contributed by atoms with E-state index in [1.165, 1.54) is 0 Å². The summed E-state index contributed by atoms with van der Waals surface area (Å²) in [5.74, 6) is 0.